The highest BCUT2D eigenvalue weighted by Gasteiger charge is 2.45. The Kier molecular flexibility index (Phi) is 8.64. The first-order valence-corrected chi connectivity index (χ1v) is 12.6. The molecule has 0 spiro atoms. The molecule has 0 aliphatic carbocycles. The molecule has 192 valence electrons. The number of aryl methyl sites for hydroxylation is 2. The first-order valence-electron chi connectivity index (χ1n) is 11.0. The molecule has 0 aromatic heterocycles. The largest absolute Gasteiger partial charge is 0.417 e. The summed E-state index contributed by atoms with van der Waals surface area (Å²) in [5.74, 6) is -0.286. The van der Waals surface area contributed by atoms with E-state index in [1.807, 2.05) is 20.8 Å². The van der Waals surface area contributed by atoms with Gasteiger partial charge in [0.25, 0.3) is 0 Å². The maximum atomic E-state index is 13.8. The SMILES string of the molecule is Cc1cccc(C)c1C(=O)P(CC(C)CC(C)(C)C)C(=O)c1c(C(F)(F)F)cccc1C(F)(F)F. The number of alkyl halides is 6. The Hall–Kier alpha value is -2.21. The van der Waals surface area contributed by atoms with Gasteiger partial charge in [0.05, 0.1) is 11.1 Å². The molecular weight excluding hydrogens is 489 g/mol. The van der Waals surface area contributed by atoms with Crippen molar-refractivity contribution in [1.29, 1.82) is 0 Å². The van der Waals surface area contributed by atoms with E-state index >= 15 is 0 Å². The van der Waals surface area contributed by atoms with Gasteiger partial charge in [-0.15, -0.1) is 0 Å². The molecule has 35 heavy (non-hydrogen) atoms. The lowest BCUT2D eigenvalue weighted by Gasteiger charge is -2.27. The predicted octanol–water partition coefficient (Wildman–Crippen LogP) is 8.88. The minimum absolute atomic E-state index is 0.110. The summed E-state index contributed by atoms with van der Waals surface area (Å²) < 4.78 is 82.7. The van der Waals surface area contributed by atoms with E-state index < -0.39 is 48.0 Å². The van der Waals surface area contributed by atoms with Crippen LogP contribution in [0.15, 0.2) is 36.4 Å². The third kappa shape index (κ3) is 7.16. The van der Waals surface area contributed by atoms with Gasteiger partial charge in [0.2, 0.25) is 0 Å². The monoisotopic (exact) mass is 518 g/mol. The fourth-order valence-corrected chi connectivity index (χ4v) is 6.76. The molecule has 0 saturated carbocycles. The second-order valence-electron chi connectivity index (χ2n) is 10.1. The predicted molar refractivity (Wildman–Crippen MR) is 126 cm³/mol. The average molecular weight is 518 g/mol. The molecule has 0 aliphatic rings. The van der Waals surface area contributed by atoms with Crippen molar-refractivity contribution < 1.29 is 35.9 Å². The van der Waals surface area contributed by atoms with Crippen LogP contribution in [0.4, 0.5) is 26.3 Å². The molecule has 2 nitrogen and oxygen atoms in total. The molecular formula is C26H29F6O2P. The van der Waals surface area contributed by atoms with Crippen molar-refractivity contribution in [1.82, 2.24) is 0 Å². The van der Waals surface area contributed by atoms with E-state index in [2.05, 4.69) is 0 Å². The lowest BCUT2D eigenvalue weighted by molar-refractivity contribution is -0.143. The van der Waals surface area contributed by atoms with Gasteiger partial charge in [0.1, 0.15) is 0 Å². The average Bonchev–Trinajstić information content (AvgIpc) is 2.68. The van der Waals surface area contributed by atoms with Gasteiger partial charge in [-0.25, -0.2) is 0 Å². The van der Waals surface area contributed by atoms with Crippen molar-refractivity contribution >= 4 is 19.0 Å². The van der Waals surface area contributed by atoms with Gasteiger partial charge in [-0.1, -0.05) is 52.0 Å². The summed E-state index contributed by atoms with van der Waals surface area (Å²) in [5, 5.41) is 0. The Bertz CT molecular complexity index is 1040. The van der Waals surface area contributed by atoms with E-state index in [1.165, 1.54) is 0 Å². The molecule has 9 heteroatoms. The standard InChI is InChI=1S/C26H29F6O2P/c1-15(13-24(4,5)6)14-35(22(33)20-16(2)9-7-10-17(20)3)23(34)21-18(25(27,28)29)11-8-12-19(21)26(30,31)32/h7-12,15H,13-14H2,1-6H3. The van der Waals surface area contributed by atoms with Crippen LogP contribution >= 0.6 is 7.92 Å². The zero-order valence-corrected chi connectivity index (χ0v) is 21.4. The maximum Gasteiger partial charge on any atom is 0.417 e. The van der Waals surface area contributed by atoms with Crippen LogP contribution in [-0.2, 0) is 12.4 Å². The van der Waals surface area contributed by atoms with Gasteiger partial charge < -0.3 is 0 Å². The zero-order chi connectivity index (χ0) is 26.9. The van der Waals surface area contributed by atoms with Crippen LogP contribution in [0.25, 0.3) is 0 Å². The normalized spacial score (nSPS) is 14.5. The van der Waals surface area contributed by atoms with Crippen LogP contribution in [0.5, 0.6) is 0 Å². The molecule has 2 atom stereocenters. The zero-order valence-electron chi connectivity index (χ0n) is 20.5. The fraction of sp³-hybridized carbons (Fsp3) is 0.462. The molecule has 2 unspecified atom stereocenters. The summed E-state index contributed by atoms with van der Waals surface area (Å²) in [6, 6.07) is 6.48. The molecule has 2 rings (SSSR count). The molecule has 0 aliphatic heterocycles. The minimum Gasteiger partial charge on any atom is -0.289 e. The highest BCUT2D eigenvalue weighted by Crippen LogP contribution is 2.51. The van der Waals surface area contributed by atoms with E-state index in [0.29, 0.717) is 35.7 Å². The molecule has 2 aromatic carbocycles. The van der Waals surface area contributed by atoms with Crippen LogP contribution in [0, 0.1) is 25.2 Å². The molecule has 0 amide bonds. The van der Waals surface area contributed by atoms with Gasteiger partial charge in [-0.3, -0.25) is 9.59 Å². The number of hydrogen-bond acceptors (Lipinski definition) is 2. The lowest BCUT2D eigenvalue weighted by atomic mass is 9.86. The van der Waals surface area contributed by atoms with E-state index in [0.717, 1.165) is 0 Å². The van der Waals surface area contributed by atoms with E-state index in [4.69, 9.17) is 0 Å². The van der Waals surface area contributed by atoms with Crippen molar-refractivity contribution in [2.24, 2.45) is 11.3 Å². The smallest absolute Gasteiger partial charge is 0.289 e. The summed E-state index contributed by atoms with van der Waals surface area (Å²) in [5.41, 5.74) is -5.94. The van der Waals surface area contributed by atoms with E-state index in [-0.39, 0.29) is 23.1 Å². The van der Waals surface area contributed by atoms with Crippen molar-refractivity contribution in [2.45, 2.75) is 60.3 Å². The van der Waals surface area contributed by atoms with Crippen molar-refractivity contribution in [3.05, 3.63) is 69.8 Å². The molecule has 0 saturated heterocycles. The number of carbonyl (C=O) groups is 2. The van der Waals surface area contributed by atoms with Crippen LogP contribution in [0.3, 0.4) is 0 Å². The van der Waals surface area contributed by atoms with Crippen LogP contribution < -0.4 is 0 Å². The molecule has 0 radical (unpaired) electrons. The van der Waals surface area contributed by atoms with Gasteiger partial charge >= 0.3 is 12.4 Å². The van der Waals surface area contributed by atoms with Crippen molar-refractivity contribution in [2.75, 3.05) is 6.16 Å². The van der Waals surface area contributed by atoms with Crippen molar-refractivity contribution in [3.8, 4) is 0 Å². The van der Waals surface area contributed by atoms with Gasteiger partial charge in [-0.05, 0) is 61.0 Å². The molecule has 0 fully saturated rings. The number of rotatable bonds is 7. The molecule has 0 bridgehead atoms. The Morgan fingerprint density at radius 3 is 1.57 bits per heavy atom. The Morgan fingerprint density at radius 2 is 1.17 bits per heavy atom. The van der Waals surface area contributed by atoms with Crippen LogP contribution in [-0.4, -0.2) is 17.2 Å². The third-order valence-electron chi connectivity index (χ3n) is 5.53. The Morgan fingerprint density at radius 1 is 0.771 bits per heavy atom. The second-order valence-corrected chi connectivity index (χ2v) is 12.1. The maximum absolute atomic E-state index is 13.8. The van der Waals surface area contributed by atoms with Gasteiger partial charge in [0, 0.05) is 19.0 Å². The first kappa shape index (κ1) is 29.0. The summed E-state index contributed by atoms with van der Waals surface area (Å²) in [6.45, 7) is 10.8. The highest BCUT2D eigenvalue weighted by molar-refractivity contribution is 7.90. The van der Waals surface area contributed by atoms with Crippen molar-refractivity contribution in [3.63, 3.8) is 0 Å². The number of benzene rings is 2. The van der Waals surface area contributed by atoms with Gasteiger partial charge in [-0.2, -0.15) is 26.3 Å². The third-order valence-corrected chi connectivity index (χ3v) is 7.95. The quantitative estimate of drug-likeness (QED) is 0.271. The summed E-state index contributed by atoms with van der Waals surface area (Å²) >= 11 is 0. The fourth-order valence-electron chi connectivity index (χ4n) is 4.36. The summed E-state index contributed by atoms with van der Waals surface area (Å²) in [4.78, 5) is 27.3. The van der Waals surface area contributed by atoms with Crippen LogP contribution in [0.2, 0.25) is 0 Å². The second kappa shape index (κ2) is 10.4. The molecule has 0 N–H and O–H groups in total. The molecule has 2 aromatic rings. The highest BCUT2D eigenvalue weighted by atomic mass is 31.1. The molecule has 0 heterocycles. The topological polar surface area (TPSA) is 34.1 Å². The van der Waals surface area contributed by atoms with Crippen LogP contribution in [0.1, 0.15) is 77.1 Å². The summed E-state index contributed by atoms with van der Waals surface area (Å²) in [6.07, 6.45) is -9.98. The number of hydrogen-bond donors (Lipinski definition) is 0. The first-order chi connectivity index (χ1) is 15.8. The van der Waals surface area contributed by atoms with E-state index in [1.54, 1.807) is 39.0 Å². The number of halogens is 6. The Labute approximate surface area is 202 Å². The number of carbonyl (C=O) groups excluding carboxylic acids is 2. The lowest BCUT2D eigenvalue weighted by Crippen LogP contribution is -2.23. The Balaban J connectivity index is 2.76. The summed E-state index contributed by atoms with van der Waals surface area (Å²) in [7, 11) is -2.56. The van der Waals surface area contributed by atoms with E-state index in [9.17, 15) is 35.9 Å². The van der Waals surface area contributed by atoms with Gasteiger partial charge in [0.15, 0.2) is 11.0 Å². The minimum atomic E-state index is -5.20.